The smallest absolute Gasteiger partial charge is 0.432 e. The maximum absolute atomic E-state index is 13.1. The van der Waals surface area contributed by atoms with Crippen molar-refractivity contribution in [1.29, 1.82) is 0 Å². The molecule has 1 aromatic carbocycles. The largest absolute Gasteiger partial charge is 0.479 e. The molecular weight excluding hydrogens is 317 g/mol. The highest BCUT2D eigenvalue weighted by Gasteiger charge is 2.63. The van der Waals surface area contributed by atoms with Crippen molar-refractivity contribution in [1.82, 2.24) is 0 Å². The number of aliphatic carboxylic acids is 1. The van der Waals surface area contributed by atoms with E-state index in [2.05, 4.69) is 20.7 Å². The summed E-state index contributed by atoms with van der Waals surface area (Å²) in [5.74, 6) is -2.10. The van der Waals surface area contributed by atoms with Crippen LogP contribution in [0.2, 0.25) is 0 Å². The lowest BCUT2D eigenvalue weighted by molar-refractivity contribution is -0.273. The zero-order valence-electron chi connectivity index (χ0n) is 9.51. The molecule has 1 atom stereocenters. The van der Waals surface area contributed by atoms with Crippen LogP contribution in [0, 0.1) is 6.92 Å². The Kier molecular flexibility index (Phi) is 4.07. The van der Waals surface area contributed by atoms with Crippen LogP contribution >= 0.6 is 15.9 Å². The molecular formula is C11H10BrF3O3. The monoisotopic (exact) mass is 326 g/mol. The summed E-state index contributed by atoms with van der Waals surface area (Å²) >= 11 is 3.03. The highest BCUT2D eigenvalue weighted by atomic mass is 79.9. The van der Waals surface area contributed by atoms with Crippen molar-refractivity contribution in [3.63, 3.8) is 0 Å². The molecule has 0 saturated heterocycles. The zero-order valence-corrected chi connectivity index (χ0v) is 11.1. The number of hydrogen-bond acceptors (Lipinski definition) is 2. The summed E-state index contributed by atoms with van der Waals surface area (Å²) in [4.78, 5) is 11.1. The van der Waals surface area contributed by atoms with Crippen LogP contribution in [0.25, 0.3) is 0 Å². The molecule has 0 saturated carbocycles. The fourth-order valence-corrected chi connectivity index (χ4v) is 2.28. The van der Waals surface area contributed by atoms with E-state index in [-0.39, 0.29) is 0 Å². The van der Waals surface area contributed by atoms with Crippen LogP contribution in [0.4, 0.5) is 13.2 Å². The Morgan fingerprint density at radius 3 is 2.22 bits per heavy atom. The summed E-state index contributed by atoms with van der Waals surface area (Å²) in [6.45, 7) is 1.56. The second kappa shape index (κ2) is 4.89. The summed E-state index contributed by atoms with van der Waals surface area (Å²) in [6.07, 6.45) is -5.07. The first-order valence-electron chi connectivity index (χ1n) is 4.78. The molecule has 0 heterocycles. The maximum Gasteiger partial charge on any atom is 0.432 e. The van der Waals surface area contributed by atoms with Gasteiger partial charge in [-0.2, -0.15) is 13.2 Å². The molecule has 7 heteroatoms. The molecule has 0 fully saturated rings. The van der Waals surface area contributed by atoms with E-state index >= 15 is 0 Å². The van der Waals surface area contributed by atoms with Gasteiger partial charge >= 0.3 is 12.1 Å². The van der Waals surface area contributed by atoms with Gasteiger partial charge in [-0.3, -0.25) is 0 Å². The Bertz CT molecular complexity index is 453. The Morgan fingerprint density at radius 1 is 1.33 bits per heavy atom. The standard InChI is InChI=1S/C11H10BrF3O3/c1-6-3-7(5-8(12)4-6)10(18-2,9(16)17)11(13,14)15/h3-5H,1-2H3,(H,16,17). The molecule has 0 aliphatic rings. The molecule has 0 amide bonds. The van der Waals surface area contributed by atoms with Crippen molar-refractivity contribution < 1.29 is 27.8 Å². The molecule has 1 unspecified atom stereocenters. The molecule has 1 N–H and O–H groups in total. The average molecular weight is 327 g/mol. The number of hydrogen-bond donors (Lipinski definition) is 1. The normalized spacial score (nSPS) is 15.2. The van der Waals surface area contributed by atoms with Gasteiger partial charge in [0.15, 0.2) is 0 Å². The van der Waals surface area contributed by atoms with E-state index in [0.717, 1.165) is 19.2 Å². The van der Waals surface area contributed by atoms with Crippen molar-refractivity contribution in [2.24, 2.45) is 0 Å². The summed E-state index contributed by atoms with van der Waals surface area (Å²) < 4.78 is 43.8. The van der Waals surface area contributed by atoms with Gasteiger partial charge in [-0.05, 0) is 24.6 Å². The lowest BCUT2D eigenvalue weighted by atomic mass is 9.91. The summed E-state index contributed by atoms with van der Waals surface area (Å²) in [7, 11) is 0.720. The number of carboxylic acid groups (broad SMARTS) is 1. The first kappa shape index (κ1) is 15.0. The minimum atomic E-state index is -5.07. The third kappa shape index (κ3) is 2.37. The van der Waals surface area contributed by atoms with Gasteiger partial charge in [-0.1, -0.05) is 22.0 Å². The van der Waals surface area contributed by atoms with E-state index in [1.807, 2.05) is 0 Å². The molecule has 18 heavy (non-hydrogen) atoms. The Balaban J connectivity index is 3.58. The Labute approximate surface area is 110 Å². The van der Waals surface area contributed by atoms with Crippen molar-refractivity contribution in [3.8, 4) is 0 Å². The van der Waals surface area contributed by atoms with Crippen LogP contribution in [0.15, 0.2) is 22.7 Å². The Hall–Kier alpha value is -1.08. The summed E-state index contributed by atoms with van der Waals surface area (Å²) in [5, 5.41) is 8.93. The number of aryl methyl sites for hydroxylation is 1. The van der Waals surface area contributed by atoms with E-state index in [9.17, 15) is 18.0 Å². The third-order valence-electron chi connectivity index (χ3n) is 2.46. The first-order chi connectivity index (χ1) is 8.15. The van der Waals surface area contributed by atoms with Crippen LogP contribution in [-0.4, -0.2) is 24.4 Å². The van der Waals surface area contributed by atoms with Gasteiger partial charge in [-0.25, -0.2) is 4.79 Å². The van der Waals surface area contributed by atoms with Crippen LogP contribution in [0.5, 0.6) is 0 Å². The van der Waals surface area contributed by atoms with E-state index in [0.29, 0.717) is 10.0 Å². The summed E-state index contributed by atoms with van der Waals surface area (Å²) in [6, 6.07) is 3.79. The van der Waals surface area contributed by atoms with Gasteiger partial charge in [0, 0.05) is 17.1 Å². The van der Waals surface area contributed by atoms with Crippen molar-refractivity contribution in [3.05, 3.63) is 33.8 Å². The number of alkyl halides is 3. The predicted octanol–water partition coefficient (Wildman–Crippen LogP) is 3.25. The van der Waals surface area contributed by atoms with Crippen LogP contribution in [-0.2, 0) is 15.1 Å². The number of carbonyl (C=O) groups is 1. The first-order valence-corrected chi connectivity index (χ1v) is 5.57. The minimum Gasteiger partial charge on any atom is -0.479 e. The lowest BCUT2D eigenvalue weighted by Gasteiger charge is -2.30. The fourth-order valence-electron chi connectivity index (χ4n) is 1.67. The molecule has 0 aliphatic carbocycles. The molecule has 3 nitrogen and oxygen atoms in total. The van der Waals surface area contributed by atoms with Crippen molar-refractivity contribution >= 4 is 21.9 Å². The van der Waals surface area contributed by atoms with Gasteiger partial charge < -0.3 is 9.84 Å². The van der Waals surface area contributed by atoms with Gasteiger partial charge in [0.2, 0.25) is 0 Å². The molecule has 0 aliphatic heterocycles. The van der Waals surface area contributed by atoms with Gasteiger partial charge in [0.25, 0.3) is 5.60 Å². The van der Waals surface area contributed by atoms with Crippen molar-refractivity contribution in [2.45, 2.75) is 18.7 Å². The average Bonchev–Trinajstić information content (AvgIpc) is 2.14. The van der Waals surface area contributed by atoms with Gasteiger partial charge in [-0.15, -0.1) is 0 Å². The van der Waals surface area contributed by atoms with Gasteiger partial charge in [0.1, 0.15) is 0 Å². The van der Waals surface area contributed by atoms with Crippen LogP contribution in [0.1, 0.15) is 11.1 Å². The number of halogens is 4. The number of ether oxygens (including phenoxy) is 1. The second-order valence-corrected chi connectivity index (χ2v) is 4.62. The molecule has 100 valence electrons. The van der Waals surface area contributed by atoms with Crippen LogP contribution in [0.3, 0.4) is 0 Å². The fraction of sp³-hybridized carbons (Fsp3) is 0.364. The number of carboxylic acids is 1. The zero-order chi connectivity index (χ0) is 14.1. The molecule has 0 spiro atoms. The topological polar surface area (TPSA) is 46.5 Å². The minimum absolute atomic E-state index is 0.351. The Morgan fingerprint density at radius 2 is 1.89 bits per heavy atom. The van der Waals surface area contributed by atoms with Crippen molar-refractivity contribution in [2.75, 3.05) is 7.11 Å². The van der Waals surface area contributed by atoms with E-state index in [4.69, 9.17) is 5.11 Å². The van der Waals surface area contributed by atoms with Gasteiger partial charge in [0.05, 0.1) is 0 Å². The second-order valence-electron chi connectivity index (χ2n) is 3.71. The molecule has 1 aromatic rings. The molecule has 1 rings (SSSR count). The highest BCUT2D eigenvalue weighted by Crippen LogP contribution is 2.43. The van der Waals surface area contributed by atoms with E-state index in [1.165, 1.54) is 0 Å². The maximum atomic E-state index is 13.1. The highest BCUT2D eigenvalue weighted by molar-refractivity contribution is 9.10. The molecule has 0 bridgehead atoms. The van der Waals surface area contributed by atoms with E-state index < -0.39 is 23.3 Å². The molecule has 0 radical (unpaired) electrons. The van der Waals surface area contributed by atoms with Crippen LogP contribution < -0.4 is 0 Å². The molecule has 0 aromatic heterocycles. The number of rotatable bonds is 3. The SMILES string of the molecule is COC(C(=O)O)(c1cc(C)cc(Br)c1)C(F)(F)F. The quantitative estimate of drug-likeness (QED) is 0.927. The van der Waals surface area contributed by atoms with E-state index in [1.54, 1.807) is 13.0 Å². The lowest BCUT2D eigenvalue weighted by Crippen LogP contribution is -2.50. The number of methoxy groups -OCH3 is 1. The predicted molar refractivity (Wildman–Crippen MR) is 61.3 cm³/mol. The summed E-state index contributed by atoms with van der Waals surface area (Å²) in [5.41, 5.74) is -3.34. The number of benzene rings is 1. The third-order valence-corrected chi connectivity index (χ3v) is 2.91.